The number of primary sulfonamides is 1. The molecule has 0 aliphatic rings. The molecule has 0 aromatic carbocycles. The molecule has 1 aromatic rings. The minimum atomic E-state index is -4.11. The standard InChI is InChI=1S/C6H6ClF2N3O2S/c7-5-4(6(8)9)2(10)1-3(12-5)15(11,13)14/h1,6H,(H2,10,12)(H2,11,13,14). The number of nitrogen functional groups attached to an aromatic ring is 1. The van der Waals surface area contributed by atoms with Gasteiger partial charge in [0, 0.05) is 11.8 Å². The van der Waals surface area contributed by atoms with Crippen molar-refractivity contribution in [2.45, 2.75) is 11.5 Å². The van der Waals surface area contributed by atoms with Gasteiger partial charge < -0.3 is 5.73 Å². The van der Waals surface area contributed by atoms with E-state index in [1.165, 1.54) is 0 Å². The zero-order valence-electron chi connectivity index (χ0n) is 7.12. The van der Waals surface area contributed by atoms with Crippen molar-refractivity contribution in [2.75, 3.05) is 5.73 Å². The Hall–Kier alpha value is -0.990. The third-order valence-corrected chi connectivity index (χ3v) is 2.61. The Morgan fingerprint density at radius 2 is 2.00 bits per heavy atom. The maximum absolute atomic E-state index is 12.3. The first-order valence-corrected chi connectivity index (χ1v) is 5.42. The molecule has 5 nitrogen and oxygen atoms in total. The topological polar surface area (TPSA) is 99.1 Å². The zero-order chi connectivity index (χ0) is 11.8. The SMILES string of the molecule is Nc1cc(S(N)(=O)=O)nc(Cl)c1C(F)F. The number of sulfonamides is 1. The van der Waals surface area contributed by atoms with Crippen molar-refractivity contribution in [2.24, 2.45) is 5.14 Å². The highest BCUT2D eigenvalue weighted by molar-refractivity contribution is 7.89. The van der Waals surface area contributed by atoms with Crippen molar-refractivity contribution in [3.05, 3.63) is 16.8 Å². The van der Waals surface area contributed by atoms with E-state index in [1.807, 2.05) is 0 Å². The van der Waals surface area contributed by atoms with Gasteiger partial charge in [-0.25, -0.2) is 27.3 Å². The van der Waals surface area contributed by atoms with Gasteiger partial charge in [-0.1, -0.05) is 11.6 Å². The van der Waals surface area contributed by atoms with Crippen molar-refractivity contribution >= 4 is 27.3 Å². The molecule has 0 saturated carbocycles. The number of nitrogens with two attached hydrogens (primary N) is 2. The van der Waals surface area contributed by atoms with Crippen LogP contribution in [0.3, 0.4) is 0 Å². The largest absolute Gasteiger partial charge is 0.398 e. The fourth-order valence-electron chi connectivity index (χ4n) is 0.881. The van der Waals surface area contributed by atoms with Gasteiger partial charge >= 0.3 is 0 Å². The molecule has 0 saturated heterocycles. The molecule has 0 radical (unpaired) electrons. The maximum atomic E-state index is 12.3. The summed E-state index contributed by atoms with van der Waals surface area (Å²) in [7, 11) is -4.11. The van der Waals surface area contributed by atoms with Gasteiger partial charge in [-0.3, -0.25) is 0 Å². The van der Waals surface area contributed by atoms with Gasteiger partial charge in [0.05, 0.1) is 5.56 Å². The molecule has 1 heterocycles. The lowest BCUT2D eigenvalue weighted by Crippen LogP contribution is -2.15. The fourth-order valence-corrected chi connectivity index (χ4v) is 1.72. The summed E-state index contributed by atoms with van der Waals surface area (Å²) in [6, 6.07) is 0.739. The van der Waals surface area contributed by atoms with Crippen molar-refractivity contribution in [3.8, 4) is 0 Å². The first kappa shape index (κ1) is 12.1. The predicted octanol–water partition coefficient (Wildman–Crippen LogP) is 0.902. The van der Waals surface area contributed by atoms with Crippen LogP contribution in [0.4, 0.5) is 14.5 Å². The van der Waals surface area contributed by atoms with E-state index in [2.05, 4.69) is 4.98 Å². The predicted molar refractivity (Wildman–Crippen MR) is 50.0 cm³/mol. The Morgan fingerprint density at radius 1 is 1.47 bits per heavy atom. The third-order valence-electron chi connectivity index (χ3n) is 1.53. The van der Waals surface area contributed by atoms with Crippen molar-refractivity contribution in [1.82, 2.24) is 4.98 Å². The molecule has 15 heavy (non-hydrogen) atoms. The summed E-state index contributed by atoms with van der Waals surface area (Å²) in [5, 5.41) is 3.41. The van der Waals surface area contributed by atoms with Crippen LogP contribution in [0.2, 0.25) is 5.15 Å². The van der Waals surface area contributed by atoms with Crippen molar-refractivity contribution < 1.29 is 17.2 Å². The Bertz CT molecular complexity index is 468. The van der Waals surface area contributed by atoms with E-state index in [9.17, 15) is 17.2 Å². The number of rotatable bonds is 2. The van der Waals surface area contributed by atoms with Gasteiger partial charge in [0.25, 0.3) is 16.4 Å². The second kappa shape index (κ2) is 3.87. The van der Waals surface area contributed by atoms with Crippen LogP contribution in [-0.2, 0) is 10.0 Å². The number of anilines is 1. The van der Waals surface area contributed by atoms with E-state index in [0.29, 0.717) is 0 Å². The average Bonchev–Trinajstić information content (AvgIpc) is 1.99. The summed E-state index contributed by atoms with van der Waals surface area (Å²) in [6.45, 7) is 0. The molecule has 1 rings (SSSR count). The van der Waals surface area contributed by atoms with E-state index in [-0.39, 0.29) is 0 Å². The van der Waals surface area contributed by atoms with Gasteiger partial charge in [-0.2, -0.15) is 0 Å². The molecule has 0 amide bonds. The summed E-state index contributed by atoms with van der Waals surface area (Å²) in [4.78, 5) is 3.22. The summed E-state index contributed by atoms with van der Waals surface area (Å²) >= 11 is 5.34. The number of pyridine rings is 1. The third kappa shape index (κ3) is 2.52. The fraction of sp³-hybridized carbons (Fsp3) is 0.167. The Balaban J connectivity index is 3.45. The molecule has 0 fully saturated rings. The molecule has 0 aliphatic carbocycles. The van der Waals surface area contributed by atoms with Crippen LogP contribution >= 0.6 is 11.6 Å². The van der Waals surface area contributed by atoms with Crippen LogP contribution in [0.5, 0.6) is 0 Å². The number of halogens is 3. The Morgan fingerprint density at radius 3 is 2.33 bits per heavy atom. The van der Waals surface area contributed by atoms with Crippen LogP contribution in [0.25, 0.3) is 0 Å². The number of hydrogen-bond acceptors (Lipinski definition) is 4. The highest BCUT2D eigenvalue weighted by Gasteiger charge is 2.21. The van der Waals surface area contributed by atoms with E-state index >= 15 is 0 Å². The lowest BCUT2D eigenvalue weighted by atomic mass is 10.2. The molecule has 84 valence electrons. The summed E-state index contributed by atoms with van der Waals surface area (Å²) < 4.78 is 46.3. The van der Waals surface area contributed by atoms with E-state index in [0.717, 1.165) is 6.07 Å². The first-order chi connectivity index (χ1) is 6.73. The number of hydrogen-bond donors (Lipinski definition) is 2. The minimum Gasteiger partial charge on any atom is -0.398 e. The summed E-state index contributed by atoms with van der Waals surface area (Å²) in [6.07, 6.45) is -2.93. The molecule has 0 bridgehead atoms. The van der Waals surface area contributed by atoms with E-state index < -0.39 is 37.9 Å². The lowest BCUT2D eigenvalue weighted by Gasteiger charge is -2.07. The quantitative estimate of drug-likeness (QED) is 0.769. The van der Waals surface area contributed by atoms with Crippen molar-refractivity contribution in [1.29, 1.82) is 0 Å². The van der Waals surface area contributed by atoms with Gasteiger partial charge in [-0.15, -0.1) is 0 Å². The lowest BCUT2D eigenvalue weighted by molar-refractivity contribution is 0.152. The normalized spacial score (nSPS) is 12.1. The molecule has 0 atom stereocenters. The molecule has 1 aromatic heterocycles. The van der Waals surface area contributed by atoms with E-state index in [1.54, 1.807) is 0 Å². The smallest absolute Gasteiger partial charge is 0.268 e. The number of aromatic nitrogens is 1. The highest BCUT2D eigenvalue weighted by Crippen LogP contribution is 2.31. The highest BCUT2D eigenvalue weighted by atomic mass is 35.5. The summed E-state index contributed by atoms with van der Waals surface area (Å²) in [5.41, 5.74) is 4.03. The number of alkyl halides is 2. The molecule has 0 unspecified atom stereocenters. The summed E-state index contributed by atoms with van der Waals surface area (Å²) in [5.74, 6) is 0. The first-order valence-electron chi connectivity index (χ1n) is 3.50. The second-order valence-corrected chi connectivity index (χ2v) is 4.47. The van der Waals surface area contributed by atoms with Gasteiger partial charge in [0.15, 0.2) is 5.03 Å². The van der Waals surface area contributed by atoms with Crippen molar-refractivity contribution in [3.63, 3.8) is 0 Å². The van der Waals surface area contributed by atoms with Crippen LogP contribution in [0, 0.1) is 0 Å². The van der Waals surface area contributed by atoms with Gasteiger partial charge in [0.1, 0.15) is 5.15 Å². The monoisotopic (exact) mass is 257 g/mol. The molecular weight excluding hydrogens is 252 g/mol. The van der Waals surface area contributed by atoms with Gasteiger partial charge in [0.2, 0.25) is 0 Å². The van der Waals surface area contributed by atoms with Gasteiger partial charge in [-0.05, 0) is 0 Å². The molecular formula is C6H6ClF2N3O2S. The average molecular weight is 258 g/mol. The van der Waals surface area contributed by atoms with Crippen LogP contribution in [0.15, 0.2) is 11.1 Å². The maximum Gasteiger partial charge on any atom is 0.268 e. The van der Waals surface area contributed by atoms with Crippen LogP contribution in [0.1, 0.15) is 12.0 Å². The minimum absolute atomic E-state index is 0.464. The molecule has 0 aliphatic heterocycles. The van der Waals surface area contributed by atoms with Crippen LogP contribution < -0.4 is 10.9 Å². The molecule has 0 spiro atoms. The Labute approximate surface area is 89.1 Å². The Kier molecular flexibility index (Phi) is 3.12. The zero-order valence-corrected chi connectivity index (χ0v) is 8.69. The molecule has 9 heteroatoms. The molecule has 4 N–H and O–H groups in total. The second-order valence-electron chi connectivity index (χ2n) is 2.60. The van der Waals surface area contributed by atoms with Crippen LogP contribution in [-0.4, -0.2) is 13.4 Å². The van der Waals surface area contributed by atoms with E-state index in [4.69, 9.17) is 22.5 Å². The number of nitrogens with zero attached hydrogens (tertiary/aromatic N) is 1.